The van der Waals surface area contributed by atoms with E-state index in [1.807, 2.05) is 44.2 Å². The largest absolute Gasteiger partial charge is 0.455 e. The maximum Gasteiger partial charge on any atom is 0.310 e. The van der Waals surface area contributed by atoms with Crippen LogP contribution in [0.2, 0.25) is 0 Å². The van der Waals surface area contributed by atoms with Crippen LogP contribution in [0.3, 0.4) is 0 Å². The molecule has 0 fully saturated rings. The predicted molar refractivity (Wildman–Crippen MR) is 107 cm³/mol. The molecule has 1 amide bonds. The third kappa shape index (κ3) is 4.56. The van der Waals surface area contributed by atoms with Crippen LogP contribution in [0.1, 0.15) is 17.0 Å². The van der Waals surface area contributed by atoms with Crippen molar-refractivity contribution in [3.8, 4) is 5.69 Å². The van der Waals surface area contributed by atoms with Crippen LogP contribution in [0, 0.1) is 13.8 Å². The Kier molecular flexibility index (Phi) is 5.74. The number of amides is 1. The molecule has 0 aliphatic carbocycles. The number of benzene rings is 2. The maximum atomic E-state index is 12.2. The molecule has 3 rings (SSSR count). The number of ether oxygens (including phenoxy) is 1. The quantitative estimate of drug-likeness (QED) is 0.508. The second-order valence-corrected chi connectivity index (χ2v) is 6.42. The van der Waals surface area contributed by atoms with E-state index < -0.39 is 11.9 Å². The molecule has 0 atom stereocenters. The molecule has 3 aromatic rings. The fraction of sp³-hybridized carbons (Fsp3) is 0.190. The van der Waals surface area contributed by atoms with Gasteiger partial charge >= 0.3 is 5.97 Å². The van der Waals surface area contributed by atoms with Crippen molar-refractivity contribution in [2.45, 2.75) is 20.3 Å². The van der Waals surface area contributed by atoms with Gasteiger partial charge in [0.25, 0.3) is 5.91 Å². The van der Waals surface area contributed by atoms with Crippen molar-refractivity contribution in [2.24, 2.45) is 0 Å². The van der Waals surface area contributed by atoms with Crippen LogP contribution in [-0.2, 0) is 20.7 Å². The molecule has 0 aliphatic rings. The smallest absolute Gasteiger partial charge is 0.310 e. The Balaban J connectivity index is 1.58. The molecule has 0 aliphatic heterocycles. The summed E-state index contributed by atoms with van der Waals surface area (Å²) in [6, 6.07) is 16.6. The molecule has 3 N–H and O–H groups in total. The number of carbonyl (C=O) groups is 2. The van der Waals surface area contributed by atoms with E-state index in [9.17, 15) is 9.59 Å². The number of rotatable bonds is 6. The minimum absolute atomic E-state index is 0.0809. The van der Waals surface area contributed by atoms with Crippen LogP contribution < -0.4 is 11.1 Å². The maximum absolute atomic E-state index is 12.2. The number of aryl methyl sites for hydroxylation is 1. The molecule has 0 spiro atoms. The minimum Gasteiger partial charge on any atom is -0.455 e. The number of hydrogen-bond acceptors (Lipinski definition) is 5. The summed E-state index contributed by atoms with van der Waals surface area (Å²) in [6.07, 6.45) is 0.0809. The van der Waals surface area contributed by atoms with Gasteiger partial charge in [-0.3, -0.25) is 9.59 Å². The Morgan fingerprint density at radius 2 is 1.75 bits per heavy atom. The van der Waals surface area contributed by atoms with Gasteiger partial charge in [-0.2, -0.15) is 5.10 Å². The first-order chi connectivity index (χ1) is 13.4. The van der Waals surface area contributed by atoms with Crippen LogP contribution in [0.25, 0.3) is 5.69 Å². The number of hydrogen-bond donors (Lipinski definition) is 2. The molecule has 144 valence electrons. The molecule has 2 aromatic carbocycles. The monoisotopic (exact) mass is 378 g/mol. The van der Waals surface area contributed by atoms with Gasteiger partial charge in [0.15, 0.2) is 6.61 Å². The number of anilines is 2. The summed E-state index contributed by atoms with van der Waals surface area (Å²) in [4.78, 5) is 24.1. The average Bonchev–Trinajstić information content (AvgIpc) is 2.97. The molecule has 7 nitrogen and oxygen atoms in total. The highest BCUT2D eigenvalue weighted by Gasteiger charge is 2.16. The first-order valence-electron chi connectivity index (χ1n) is 8.85. The minimum atomic E-state index is -0.478. The molecule has 0 saturated heterocycles. The van der Waals surface area contributed by atoms with Crippen molar-refractivity contribution < 1.29 is 14.3 Å². The SMILES string of the molecule is Cc1nn(-c2ccccc2)c(C)c1NC(=O)COC(=O)Cc1ccc(N)cc1. The zero-order valence-corrected chi connectivity index (χ0v) is 15.8. The van der Waals surface area contributed by atoms with Crippen LogP contribution in [-0.4, -0.2) is 28.3 Å². The van der Waals surface area contributed by atoms with Crippen LogP contribution in [0.5, 0.6) is 0 Å². The lowest BCUT2D eigenvalue weighted by Gasteiger charge is -2.08. The Bertz CT molecular complexity index is 979. The average molecular weight is 378 g/mol. The van der Waals surface area contributed by atoms with Crippen molar-refractivity contribution in [3.05, 3.63) is 71.5 Å². The summed E-state index contributed by atoms with van der Waals surface area (Å²) in [6.45, 7) is 3.33. The number of nitrogens with zero attached hydrogens (tertiary/aromatic N) is 2. The fourth-order valence-electron chi connectivity index (χ4n) is 2.82. The summed E-state index contributed by atoms with van der Waals surface area (Å²) in [7, 11) is 0. The van der Waals surface area contributed by atoms with Gasteiger partial charge in [0.1, 0.15) is 0 Å². The topological polar surface area (TPSA) is 99.2 Å². The van der Waals surface area contributed by atoms with Gasteiger partial charge in [-0.05, 0) is 43.7 Å². The van der Waals surface area contributed by atoms with Gasteiger partial charge in [-0.1, -0.05) is 30.3 Å². The second kappa shape index (κ2) is 8.39. The van der Waals surface area contributed by atoms with E-state index in [0.717, 1.165) is 16.9 Å². The van der Waals surface area contributed by atoms with Crippen molar-refractivity contribution in [3.63, 3.8) is 0 Å². The summed E-state index contributed by atoms with van der Waals surface area (Å²) in [5.41, 5.74) is 10.0. The molecule has 28 heavy (non-hydrogen) atoms. The Morgan fingerprint density at radius 3 is 2.43 bits per heavy atom. The van der Waals surface area contributed by atoms with Gasteiger partial charge in [-0.25, -0.2) is 4.68 Å². The molecule has 0 unspecified atom stereocenters. The zero-order valence-electron chi connectivity index (χ0n) is 15.8. The highest BCUT2D eigenvalue weighted by molar-refractivity contribution is 5.94. The van der Waals surface area contributed by atoms with E-state index in [0.29, 0.717) is 17.1 Å². The lowest BCUT2D eigenvalue weighted by atomic mass is 10.1. The van der Waals surface area contributed by atoms with E-state index >= 15 is 0 Å². The molecule has 7 heteroatoms. The third-order valence-electron chi connectivity index (χ3n) is 4.25. The highest BCUT2D eigenvalue weighted by atomic mass is 16.5. The van der Waals surface area contributed by atoms with E-state index in [-0.39, 0.29) is 13.0 Å². The van der Waals surface area contributed by atoms with Crippen molar-refractivity contribution in [1.29, 1.82) is 0 Å². The van der Waals surface area contributed by atoms with E-state index in [4.69, 9.17) is 10.5 Å². The Hall–Kier alpha value is -3.61. The van der Waals surface area contributed by atoms with Crippen molar-refractivity contribution >= 4 is 23.3 Å². The summed E-state index contributed by atoms with van der Waals surface area (Å²) in [5, 5.41) is 7.25. The lowest BCUT2D eigenvalue weighted by molar-refractivity contribution is -0.146. The van der Waals surface area contributed by atoms with Gasteiger partial charge in [-0.15, -0.1) is 0 Å². The van der Waals surface area contributed by atoms with E-state index in [1.54, 1.807) is 28.9 Å². The first-order valence-corrected chi connectivity index (χ1v) is 8.85. The molecule has 0 saturated carbocycles. The van der Waals surface area contributed by atoms with Gasteiger partial charge in [0.05, 0.1) is 29.2 Å². The van der Waals surface area contributed by atoms with Gasteiger partial charge in [0.2, 0.25) is 0 Å². The number of esters is 1. The molecule has 0 radical (unpaired) electrons. The number of aromatic nitrogens is 2. The first kappa shape index (κ1) is 19.2. The van der Waals surface area contributed by atoms with Gasteiger partial charge in [0, 0.05) is 5.69 Å². The van der Waals surface area contributed by atoms with Crippen molar-refractivity contribution in [1.82, 2.24) is 9.78 Å². The summed E-state index contributed by atoms with van der Waals surface area (Å²) >= 11 is 0. The highest BCUT2D eigenvalue weighted by Crippen LogP contribution is 2.22. The van der Waals surface area contributed by atoms with E-state index in [2.05, 4.69) is 10.4 Å². The fourth-order valence-corrected chi connectivity index (χ4v) is 2.82. The third-order valence-corrected chi connectivity index (χ3v) is 4.25. The van der Waals surface area contributed by atoms with Crippen LogP contribution in [0.4, 0.5) is 11.4 Å². The standard InChI is InChI=1S/C21H22N4O3/c1-14-21(15(2)25(24-14)18-6-4-3-5-7-18)23-19(26)13-28-20(27)12-16-8-10-17(22)11-9-16/h3-11H,12-13,22H2,1-2H3,(H,23,26). The van der Waals surface area contributed by atoms with E-state index in [1.165, 1.54) is 0 Å². The molecule has 0 bridgehead atoms. The number of nitrogens with one attached hydrogen (secondary N) is 1. The predicted octanol–water partition coefficient (Wildman–Crippen LogP) is 2.80. The molecular formula is C21H22N4O3. The Labute approximate surface area is 163 Å². The number of nitrogen functional groups attached to an aromatic ring is 1. The normalized spacial score (nSPS) is 10.5. The lowest BCUT2D eigenvalue weighted by Crippen LogP contribution is -2.22. The molecular weight excluding hydrogens is 356 g/mol. The van der Waals surface area contributed by atoms with Crippen LogP contribution >= 0.6 is 0 Å². The molecule has 1 heterocycles. The Morgan fingerprint density at radius 1 is 1.07 bits per heavy atom. The van der Waals surface area contributed by atoms with Crippen LogP contribution in [0.15, 0.2) is 54.6 Å². The molecule has 1 aromatic heterocycles. The van der Waals surface area contributed by atoms with Gasteiger partial charge < -0.3 is 15.8 Å². The second-order valence-electron chi connectivity index (χ2n) is 6.42. The number of nitrogens with two attached hydrogens (primary N) is 1. The number of para-hydroxylation sites is 1. The van der Waals surface area contributed by atoms with Crippen molar-refractivity contribution in [2.75, 3.05) is 17.7 Å². The zero-order chi connectivity index (χ0) is 20.1. The summed E-state index contributed by atoms with van der Waals surface area (Å²) in [5.74, 6) is -0.891. The number of carbonyl (C=O) groups excluding carboxylic acids is 2. The summed E-state index contributed by atoms with van der Waals surface area (Å²) < 4.78 is 6.83.